The van der Waals surface area contributed by atoms with Gasteiger partial charge < -0.3 is 9.52 Å². The van der Waals surface area contributed by atoms with E-state index in [0.29, 0.717) is 11.2 Å². The van der Waals surface area contributed by atoms with Gasteiger partial charge in [-0.15, -0.1) is 0 Å². The number of oxazole rings is 1. The lowest BCUT2D eigenvalue weighted by Crippen LogP contribution is -2.15. The highest BCUT2D eigenvalue weighted by molar-refractivity contribution is 5.87. The van der Waals surface area contributed by atoms with Crippen LogP contribution in [0.2, 0.25) is 0 Å². The van der Waals surface area contributed by atoms with Crippen LogP contribution in [0.3, 0.4) is 0 Å². The minimum Gasteiger partial charge on any atom is -0.478 e. The van der Waals surface area contributed by atoms with Crippen molar-refractivity contribution in [2.75, 3.05) is 0 Å². The molecule has 6 nitrogen and oxygen atoms in total. The van der Waals surface area contributed by atoms with E-state index in [-0.39, 0.29) is 12.1 Å². The zero-order chi connectivity index (χ0) is 14.1. The van der Waals surface area contributed by atoms with Crippen LogP contribution in [0.5, 0.6) is 0 Å². The molecule has 0 aliphatic carbocycles. The molecule has 0 amide bonds. The van der Waals surface area contributed by atoms with Crippen molar-refractivity contribution in [1.29, 1.82) is 0 Å². The number of carboxylic acids is 1. The molecule has 6 heteroatoms. The molecular weight excluding hydrogens is 260 g/mol. The fourth-order valence-electron chi connectivity index (χ4n) is 1.97. The number of aromatic nitrogens is 2. The minimum atomic E-state index is -0.982. The predicted molar refractivity (Wildman–Crippen MR) is 70.8 cm³/mol. The van der Waals surface area contributed by atoms with Crippen molar-refractivity contribution in [3.05, 3.63) is 64.3 Å². The number of hydrogen-bond acceptors (Lipinski definition) is 4. The van der Waals surface area contributed by atoms with Gasteiger partial charge in [0.15, 0.2) is 11.2 Å². The number of pyridine rings is 1. The summed E-state index contributed by atoms with van der Waals surface area (Å²) in [6.07, 6.45) is 1.58. The van der Waals surface area contributed by atoms with Gasteiger partial charge in [0.05, 0.1) is 12.1 Å². The van der Waals surface area contributed by atoms with Crippen LogP contribution < -0.4 is 5.76 Å². The molecule has 100 valence electrons. The molecule has 3 aromatic rings. The second-order valence-corrected chi connectivity index (χ2v) is 4.28. The molecule has 0 unspecified atom stereocenters. The molecular formula is C14H10N2O4. The quantitative estimate of drug-likeness (QED) is 0.783. The van der Waals surface area contributed by atoms with E-state index in [2.05, 4.69) is 4.98 Å². The summed E-state index contributed by atoms with van der Waals surface area (Å²) in [6, 6.07) is 9.69. The molecule has 0 fully saturated rings. The smallest absolute Gasteiger partial charge is 0.421 e. The Labute approximate surface area is 112 Å². The fourth-order valence-corrected chi connectivity index (χ4v) is 1.97. The number of fused-ring (bicyclic) bond motifs is 1. The van der Waals surface area contributed by atoms with Crippen molar-refractivity contribution in [2.45, 2.75) is 6.54 Å². The molecule has 0 atom stereocenters. The van der Waals surface area contributed by atoms with Crippen LogP contribution in [0.1, 0.15) is 15.9 Å². The Morgan fingerprint density at radius 3 is 2.70 bits per heavy atom. The summed E-state index contributed by atoms with van der Waals surface area (Å²) in [6.45, 7) is 0.281. The van der Waals surface area contributed by atoms with Crippen LogP contribution >= 0.6 is 0 Å². The van der Waals surface area contributed by atoms with E-state index in [4.69, 9.17) is 9.52 Å². The highest BCUT2D eigenvalue weighted by Crippen LogP contribution is 2.12. The summed E-state index contributed by atoms with van der Waals surface area (Å²) >= 11 is 0. The van der Waals surface area contributed by atoms with E-state index >= 15 is 0 Å². The van der Waals surface area contributed by atoms with Crippen molar-refractivity contribution in [2.24, 2.45) is 0 Å². The van der Waals surface area contributed by atoms with E-state index < -0.39 is 11.7 Å². The van der Waals surface area contributed by atoms with Gasteiger partial charge in [-0.1, -0.05) is 12.1 Å². The topological polar surface area (TPSA) is 85.3 Å². The molecule has 0 saturated carbocycles. The van der Waals surface area contributed by atoms with E-state index in [1.165, 1.54) is 16.7 Å². The summed E-state index contributed by atoms with van der Waals surface area (Å²) in [5.74, 6) is -1.47. The fraction of sp³-hybridized carbons (Fsp3) is 0.0714. The lowest BCUT2D eigenvalue weighted by molar-refractivity contribution is 0.0697. The molecule has 0 bridgehead atoms. The van der Waals surface area contributed by atoms with Crippen molar-refractivity contribution >= 4 is 17.2 Å². The average molecular weight is 270 g/mol. The van der Waals surface area contributed by atoms with Crippen LogP contribution in [-0.2, 0) is 6.54 Å². The van der Waals surface area contributed by atoms with Gasteiger partial charge in [-0.25, -0.2) is 14.6 Å². The third kappa shape index (κ3) is 2.07. The van der Waals surface area contributed by atoms with Crippen molar-refractivity contribution in [1.82, 2.24) is 9.55 Å². The molecule has 0 aliphatic heterocycles. The summed E-state index contributed by atoms with van der Waals surface area (Å²) in [5, 5.41) is 8.84. The van der Waals surface area contributed by atoms with Crippen molar-refractivity contribution in [3.63, 3.8) is 0 Å². The van der Waals surface area contributed by atoms with Gasteiger partial charge in [0.25, 0.3) is 0 Å². The van der Waals surface area contributed by atoms with E-state index in [1.54, 1.807) is 30.5 Å². The lowest BCUT2D eigenvalue weighted by Gasteiger charge is -2.02. The molecule has 0 aliphatic rings. The van der Waals surface area contributed by atoms with E-state index in [9.17, 15) is 9.59 Å². The summed E-state index contributed by atoms with van der Waals surface area (Å²) in [5.41, 5.74) is 1.90. The Morgan fingerprint density at radius 1 is 1.25 bits per heavy atom. The van der Waals surface area contributed by atoms with Gasteiger partial charge in [0, 0.05) is 6.20 Å². The van der Waals surface area contributed by atoms with E-state index in [1.807, 2.05) is 0 Å². The predicted octanol–water partition coefficient (Wildman–Crippen LogP) is 1.74. The molecule has 3 rings (SSSR count). The van der Waals surface area contributed by atoms with Crippen molar-refractivity contribution in [3.8, 4) is 0 Å². The number of aromatic carboxylic acids is 1. The molecule has 1 aromatic carbocycles. The highest BCUT2D eigenvalue weighted by Gasteiger charge is 2.10. The Kier molecular flexibility index (Phi) is 2.83. The maximum absolute atomic E-state index is 11.8. The summed E-state index contributed by atoms with van der Waals surface area (Å²) in [7, 11) is 0. The Hall–Kier alpha value is -2.89. The highest BCUT2D eigenvalue weighted by atomic mass is 16.4. The van der Waals surface area contributed by atoms with Gasteiger partial charge in [0.2, 0.25) is 0 Å². The molecule has 2 heterocycles. The van der Waals surface area contributed by atoms with Crippen LogP contribution in [0.25, 0.3) is 11.2 Å². The van der Waals surface area contributed by atoms with Crippen molar-refractivity contribution < 1.29 is 14.3 Å². The minimum absolute atomic E-state index is 0.205. The average Bonchev–Trinajstić information content (AvgIpc) is 2.76. The summed E-state index contributed by atoms with van der Waals surface area (Å²) in [4.78, 5) is 26.7. The first-order valence-corrected chi connectivity index (χ1v) is 5.92. The largest absolute Gasteiger partial charge is 0.478 e. The summed E-state index contributed by atoms with van der Waals surface area (Å²) < 4.78 is 6.49. The normalized spacial score (nSPS) is 10.8. The SMILES string of the molecule is O=C(O)c1ccc(Cn2c(=O)oc3cccnc32)cc1. The maximum Gasteiger partial charge on any atom is 0.421 e. The number of nitrogens with zero attached hydrogens (tertiary/aromatic N) is 2. The Bertz CT molecular complexity index is 830. The molecule has 2 aromatic heterocycles. The van der Waals surface area contributed by atoms with Crippen LogP contribution in [0.4, 0.5) is 0 Å². The monoisotopic (exact) mass is 270 g/mol. The molecule has 1 N–H and O–H groups in total. The van der Waals surface area contributed by atoms with Crippen LogP contribution in [0, 0.1) is 0 Å². The number of carboxylic acid groups (broad SMARTS) is 1. The zero-order valence-electron chi connectivity index (χ0n) is 10.3. The number of carbonyl (C=O) groups is 1. The van der Waals surface area contributed by atoms with Gasteiger partial charge in [-0.2, -0.15) is 0 Å². The first-order chi connectivity index (χ1) is 9.65. The molecule has 0 spiro atoms. The third-order valence-electron chi connectivity index (χ3n) is 2.97. The molecule has 0 saturated heterocycles. The van der Waals surface area contributed by atoms with Gasteiger partial charge in [0.1, 0.15) is 0 Å². The van der Waals surface area contributed by atoms with Crippen LogP contribution in [-0.4, -0.2) is 20.6 Å². The number of rotatable bonds is 3. The molecule has 20 heavy (non-hydrogen) atoms. The number of benzene rings is 1. The van der Waals surface area contributed by atoms with E-state index in [0.717, 1.165) is 5.56 Å². The Morgan fingerprint density at radius 2 is 2.00 bits per heavy atom. The second-order valence-electron chi connectivity index (χ2n) is 4.28. The van der Waals surface area contributed by atoms with Crippen LogP contribution in [0.15, 0.2) is 51.8 Å². The van der Waals surface area contributed by atoms with Gasteiger partial charge in [-0.05, 0) is 29.8 Å². The first-order valence-electron chi connectivity index (χ1n) is 5.92. The first kappa shape index (κ1) is 12.2. The molecule has 0 radical (unpaired) electrons. The number of hydrogen-bond donors (Lipinski definition) is 1. The van der Waals surface area contributed by atoms with Gasteiger partial charge in [-0.3, -0.25) is 4.57 Å². The third-order valence-corrected chi connectivity index (χ3v) is 2.97. The second kappa shape index (κ2) is 4.65. The standard InChI is InChI=1S/C14H10N2O4/c17-13(18)10-5-3-9(4-6-10)8-16-12-11(20-14(16)19)2-1-7-15-12/h1-7H,8H2,(H,17,18). The van der Waals surface area contributed by atoms with Gasteiger partial charge >= 0.3 is 11.7 Å². The Balaban J connectivity index is 1.99. The lowest BCUT2D eigenvalue weighted by atomic mass is 10.1. The maximum atomic E-state index is 11.8. The zero-order valence-corrected chi connectivity index (χ0v) is 10.3.